The zero-order chi connectivity index (χ0) is 29.5. The largest absolute Gasteiger partial charge is 0.456 e. The van der Waals surface area contributed by atoms with Crippen LogP contribution in [-0.2, 0) is 0 Å². The second-order valence-electron chi connectivity index (χ2n) is 11.8. The molecule has 2 nitrogen and oxygen atoms in total. The molecule has 0 N–H and O–H groups in total. The van der Waals surface area contributed by atoms with Crippen LogP contribution in [0.2, 0.25) is 0 Å². The van der Waals surface area contributed by atoms with Crippen molar-refractivity contribution in [2.24, 2.45) is 0 Å². The minimum atomic E-state index is 0.918. The second-order valence-corrected chi connectivity index (χ2v) is 12.8. The molecule has 0 atom stereocenters. The van der Waals surface area contributed by atoms with E-state index in [0.717, 1.165) is 27.5 Å². The predicted molar refractivity (Wildman–Crippen MR) is 192 cm³/mol. The number of rotatable bonds is 3. The zero-order valence-corrected chi connectivity index (χ0v) is 25.0. The molecule has 0 spiro atoms. The molecule has 0 fully saturated rings. The van der Waals surface area contributed by atoms with Gasteiger partial charge in [0.2, 0.25) is 0 Å². The maximum absolute atomic E-state index is 6.38. The van der Waals surface area contributed by atoms with Gasteiger partial charge in [0.1, 0.15) is 11.2 Å². The molecular formula is C42H25NOS. The van der Waals surface area contributed by atoms with E-state index in [1.807, 2.05) is 11.3 Å². The van der Waals surface area contributed by atoms with Gasteiger partial charge in [-0.15, -0.1) is 11.3 Å². The van der Waals surface area contributed by atoms with Gasteiger partial charge in [-0.1, -0.05) is 97.1 Å². The zero-order valence-electron chi connectivity index (χ0n) is 24.2. The SMILES string of the molecule is c1ccc(-n2c3ccccc3c3sc4cc(-c5cccc(-c6ccc7c(c6)oc6cc8ccccc8cc67)c5)ccc4c32)cc1. The molecule has 0 amide bonds. The van der Waals surface area contributed by atoms with Crippen LogP contribution in [0.3, 0.4) is 0 Å². The summed E-state index contributed by atoms with van der Waals surface area (Å²) in [6.45, 7) is 0. The Labute approximate surface area is 263 Å². The summed E-state index contributed by atoms with van der Waals surface area (Å²) in [5.74, 6) is 0. The molecular weight excluding hydrogens is 567 g/mol. The van der Waals surface area contributed by atoms with Gasteiger partial charge < -0.3 is 8.98 Å². The fraction of sp³-hybridized carbons (Fsp3) is 0. The molecule has 210 valence electrons. The Morgan fingerprint density at radius 3 is 1.96 bits per heavy atom. The lowest BCUT2D eigenvalue weighted by Crippen LogP contribution is -1.92. The normalized spacial score (nSPS) is 12.0. The molecule has 3 aromatic heterocycles. The number of benzene rings is 7. The van der Waals surface area contributed by atoms with Crippen LogP contribution in [0.5, 0.6) is 0 Å². The van der Waals surface area contributed by atoms with Crippen molar-refractivity contribution in [2.45, 2.75) is 0 Å². The Morgan fingerprint density at radius 1 is 0.444 bits per heavy atom. The quantitative estimate of drug-likeness (QED) is 0.200. The number of thiophene rings is 1. The maximum Gasteiger partial charge on any atom is 0.136 e. The third-order valence-corrected chi connectivity index (χ3v) is 10.3. The van der Waals surface area contributed by atoms with Crippen molar-refractivity contribution in [3.63, 3.8) is 0 Å². The van der Waals surface area contributed by atoms with Gasteiger partial charge in [-0.25, -0.2) is 0 Å². The lowest BCUT2D eigenvalue weighted by Gasteiger charge is -2.09. The fourth-order valence-corrected chi connectivity index (χ4v) is 8.27. The Bertz CT molecular complexity index is 2760. The van der Waals surface area contributed by atoms with Gasteiger partial charge in [0, 0.05) is 31.9 Å². The van der Waals surface area contributed by atoms with Crippen molar-refractivity contribution in [1.29, 1.82) is 0 Å². The van der Waals surface area contributed by atoms with Crippen molar-refractivity contribution in [3.8, 4) is 27.9 Å². The third-order valence-electron chi connectivity index (χ3n) is 9.16. The summed E-state index contributed by atoms with van der Waals surface area (Å²) < 4.78 is 11.4. The van der Waals surface area contributed by atoms with E-state index in [-0.39, 0.29) is 0 Å². The number of hydrogen-bond acceptors (Lipinski definition) is 2. The molecule has 10 rings (SSSR count). The smallest absolute Gasteiger partial charge is 0.136 e. The first kappa shape index (κ1) is 24.8. The topological polar surface area (TPSA) is 18.1 Å². The Balaban J connectivity index is 1.09. The highest BCUT2D eigenvalue weighted by Crippen LogP contribution is 2.43. The average Bonchev–Trinajstić information content (AvgIpc) is 3.75. The molecule has 10 aromatic rings. The van der Waals surface area contributed by atoms with Crippen LogP contribution in [0.25, 0.3) is 91.9 Å². The van der Waals surface area contributed by atoms with E-state index in [4.69, 9.17) is 4.42 Å². The highest BCUT2D eigenvalue weighted by atomic mass is 32.1. The summed E-state index contributed by atoms with van der Waals surface area (Å²) in [5.41, 5.74) is 10.3. The lowest BCUT2D eigenvalue weighted by molar-refractivity contribution is 0.669. The summed E-state index contributed by atoms with van der Waals surface area (Å²) in [6, 6.07) is 54.7. The third kappa shape index (κ3) is 3.75. The number of aromatic nitrogens is 1. The molecule has 0 aliphatic carbocycles. The van der Waals surface area contributed by atoms with Crippen molar-refractivity contribution >= 4 is 75.3 Å². The number of nitrogens with zero attached hydrogens (tertiary/aromatic N) is 1. The van der Waals surface area contributed by atoms with Gasteiger partial charge in [-0.3, -0.25) is 0 Å². The first-order valence-electron chi connectivity index (χ1n) is 15.3. The molecule has 7 aromatic carbocycles. The molecule has 0 unspecified atom stereocenters. The van der Waals surface area contributed by atoms with Crippen molar-refractivity contribution in [3.05, 3.63) is 152 Å². The number of furan rings is 1. The monoisotopic (exact) mass is 591 g/mol. The van der Waals surface area contributed by atoms with Crippen LogP contribution in [0.1, 0.15) is 0 Å². The molecule has 0 aliphatic rings. The summed E-state index contributed by atoms with van der Waals surface area (Å²) in [5, 5.41) is 7.33. The summed E-state index contributed by atoms with van der Waals surface area (Å²) >= 11 is 1.89. The van der Waals surface area contributed by atoms with E-state index in [2.05, 4.69) is 156 Å². The average molecular weight is 592 g/mol. The van der Waals surface area contributed by atoms with Crippen molar-refractivity contribution < 1.29 is 4.42 Å². The fourth-order valence-electron chi connectivity index (χ4n) is 7.01. The van der Waals surface area contributed by atoms with E-state index in [1.165, 1.54) is 64.4 Å². The van der Waals surface area contributed by atoms with Crippen LogP contribution in [0.4, 0.5) is 0 Å². The van der Waals surface area contributed by atoms with Gasteiger partial charge >= 0.3 is 0 Å². The molecule has 0 radical (unpaired) electrons. The Morgan fingerprint density at radius 2 is 1.11 bits per heavy atom. The van der Waals surface area contributed by atoms with Crippen LogP contribution in [0, 0.1) is 0 Å². The van der Waals surface area contributed by atoms with Gasteiger partial charge in [0.15, 0.2) is 0 Å². The molecule has 3 heterocycles. The van der Waals surface area contributed by atoms with Crippen molar-refractivity contribution in [1.82, 2.24) is 4.57 Å². The van der Waals surface area contributed by atoms with Crippen LogP contribution in [0.15, 0.2) is 156 Å². The van der Waals surface area contributed by atoms with Gasteiger partial charge in [0.05, 0.1) is 15.7 Å². The second kappa shape index (κ2) is 9.43. The molecule has 3 heteroatoms. The Hall–Kier alpha value is -5.64. The van der Waals surface area contributed by atoms with Gasteiger partial charge in [0.25, 0.3) is 0 Å². The summed E-state index contributed by atoms with van der Waals surface area (Å²) in [7, 11) is 0. The van der Waals surface area contributed by atoms with Crippen LogP contribution < -0.4 is 0 Å². The molecule has 45 heavy (non-hydrogen) atoms. The standard InChI is InChI=1S/C42H25NOS/c1-2-13-32(14-3-1)43-37-16-7-6-15-34(37)42-41(43)35-20-18-31(25-40(35)45-42)27-12-8-11-26(21-27)30-17-19-33-36-22-28-9-4-5-10-29(28)23-39(36)44-38(33)24-30/h1-25H. The Kier molecular flexibility index (Phi) is 5.19. The number of fused-ring (bicyclic) bond motifs is 9. The first-order chi connectivity index (χ1) is 22.3. The van der Waals surface area contributed by atoms with Gasteiger partial charge in [-0.2, -0.15) is 0 Å². The number of para-hydroxylation sites is 2. The number of hydrogen-bond donors (Lipinski definition) is 0. The van der Waals surface area contributed by atoms with Crippen LogP contribution in [-0.4, -0.2) is 4.57 Å². The van der Waals surface area contributed by atoms with E-state index in [1.54, 1.807) is 0 Å². The lowest BCUT2D eigenvalue weighted by atomic mass is 9.98. The molecule has 0 saturated heterocycles. The predicted octanol–water partition coefficient (Wildman–Crippen LogP) is 12.4. The maximum atomic E-state index is 6.38. The molecule has 0 saturated carbocycles. The van der Waals surface area contributed by atoms with Crippen molar-refractivity contribution in [2.75, 3.05) is 0 Å². The highest BCUT2D eigenvalue weighted by molar-refractivity contribution is 7.26. The first-order valence-corrected chi connectivity index (χ1v) is 16.1. The van der Waals surface area contributed by atoms with E-state index >= 15 is 0 Å². The van der Waals surface area contributed by atoms with Crippen LogP contribution >= 0.6 is 11.3 Å². The summed E-state index contributed by atoms with van der Waals surface area (Å²) in [6.07, 6.45) is 0. The van der Waals surface area contributed by atoms with Gasteiger partial charge in [-0.05, 0) is 87.6 Å². The van der Waals surface area contributed by atoms with E-state index < -0.39 is 0 Å². The highest BCUT2D eigenvalue weighted by Gasteiger charge is 2.18. The van der Waals surface area contributed by atoms with E-state index in [9.17, 15) is 0 Å². The minimum absolute atomic E-state index is 0.918. The molecule has 0 bridgehead atoms. The summed E-state index contributed by atoms with van der Waals surface area (Å²) in [4.78, 5) is 0. The minimum Gasteiger partial charge on any atom is -0.456 e. The molecule has 0 aliphatic heterocycles. The van der Waals surface area contributed by atoms with E-state index in [0.29, 0.717) is 0 Å².